The highest BCUT2D eigenvalue weighted by atomic mass is 16.6. The van der Waals surface area contributed by atoms with Crippen LogP contribution in [0.1, 0.15) is 33.3 Å². The van der Waals surface area contributed by atoms with Crippen LogP contribution in [-0.4, -0.2) is 60.4 Å². The molecular formula is C24H33N5O4. The standard InChI is InChI=1S/C24H33N5O4/c1-6-32-20-9-7-17(2)15-19(20)27-22(30)26-18-8-10-21(25-16-18)28-11-13-29(14-12-28)23(31)33-24(3,4)5/h7-10,15-16H,6,11-14H2,1-5H3,(H2,26,27,30). The minimum atomic E-state index is -0.505. The summed E-state index contributed by atoms with van der Waals surface area (Å²) in [5.74, 6) is 1.42. The zero-order valence-corrected chi connectivity index (χ0v) is 20.0. The molecule has 0 spiro atoms. The van der Waals surface area contributed by atoms with E-state index in [1.54, 1.807) is 11.1 Å². The van der Waals surface area contributed by atoms with Gasteiger partial charge in [-0.05, 0) is 64.4 Å². The molecule has 1 aromatic heterocycles. The van der Waals surface area contributed by atoms with Gasteiger partial charge in [0.2, 0.25) is 0 Å². The summed E-state index contributed by atoms with van der Waals surface area (Å²) in [5.41, 5.74) is 1.71. The van der Waals surface area contributed by atoms with Crippen molar-refractivity contribution in [1.82, 2.24) is 9.88 Å². The second kappa shape index (κ2) is 10.4. The number of urea groups is 1. The van der Waals surface area contributed by atoms with Gasteiger partial charge in [-0.1, -0.05) is 6.07 Å². The van der Waals surface area contributed by atoms with Crippen LogP contribution in [0.15, 0.2) is 36.5 Å². The molecule has 0 saturated carbocycles. The molecule has 1 saturated heterocycles. The molecule has 2 aromatic rings. The first-order chi connectivity index (χ1) is 15.6. The molecule has 0 radical (unpaired) electrons. The number of carbonyl (C=O) groups is 2. The maximum Gasteiger partial charge on any atom is 0.410 e. The summed E-state index contributed by atoms with van der Waals surface area (Å²) in [4.78, 5) is 33.0. The summed E-state index contributed by atoms with van der Waals surface area (Å²) in [7, 11) is 0. The van der Waals surface area contributed by atoms with E-state index >= 15 is 0 Å². The average Bonchev–Trinajstić information content (AvgIpc) is 2.75. The third kappa shape index (κ3) is 7.00. The van der Waals surface area contributed by atoms with Crippen LogP contribution in [0, 0.1) is 6.92 Å². The van der Waals surface area contributed by atoms with Gasteiger partial charge in [0.1, 0.15) is 17.2 Å². The largest absolute Gasteiger partial charge is 0.492 e. The Hall–Kier alpha value is -3.49. The molecule has 1 fully saturated rings. The Morgan fingerprint density at radius 3 is 2.39 bits per heavy atom. The molecule has 1 aliphatic rings. The summed E-state index contributed by atoms with van der Waals surface area (Å²) < 4.78 is 11.0. The van der Waals surface area contributed by atoms with Gasteiger partial charge in [-0.25, -0.2) is 14.6 Å². The third-order valence-electron chi connectivity index (χ3n) is 4.94. The number of anilines is 3. The number of hydrogen-bond donors (Lipinski definition) is 2. The van der Waals surface area contributed by atoms with Crippen molar-refractivity contribution in [3.8, 4) is 5.75 Å². The van der Waals surface area contributed by atoms with Gasteiger partial charge >= 0.3 is 12.1 Å². The topological polar surface area (TPSA) is 96.0 Å². The van der Waals surface area contributed by atoms with Gasteiger partial charge < -0.3 is 29.9 Å². The van der Waals surface area contributed by atoms with Gasteiger partial charge in [0, 0.05) is 26.2 Å². The van der Waals surface area contributed by atoms with Crippen molar-refractivity contribution in [1.29, 1.82) is 0 Å². The van der Waals surface area contributed by atoms with E-state index < -0.39 is 5.60 Å². The quantitative estimate of drug-likeness (QED) is 0.690. The van der Waals surface area contributed by atoms with Gasteiger partial charge in [0.25, 0.3) is 0 Å². The number of aryl methyl sites for hydroxylation is 1. The molecule has 178 valence electrons. The van der Waals surface area contributed by atoms with Crippen LogP contribution < -0.4 is 20.3 Å². The number of aromatic nitrogens is 1. The van der Waals surface area contributed by atoms with E-state index in [2.05, 4.69) is 20.5 Å². The monoisotopic (exact) mass is 455 g/mol. The highest BCUT2D eigenvalue weighted by Gasteiger charge is 2.26. The lowest BCUT2D eigenvalue weighted by molar-refractivity contribution is 0.0240. The van der Waals surface area contributed by atoms with Gasteiger partial charge in [-0.15, -0.1) is 0 Å². The van der Waals surface area contributed by atoms with E-state index in [0.29, 0.717) is 49.9 Å². The number of rotatable bonds is 5. The number of carbonyl (C=O) groups excluding carboxylic acids is 2. The molecule has 1 aliphatic heterocycles. The van der Waals surface area contributed by atoms with Gasteiger partial charge in [0.05, 0.1) is 24.2 Å². The minimum absolute atomic E-state index is 0.290. The Bertz CT molecular complexity index is 964. The molecule has 3 rings (SSSR count). The zero-order valence-electron chi connectivity index (χ0n) is 20.0. The van der Waals surface area contributed by atoms with Crippen LogP contribution in [0.4, 0.5) is 26.8 Å². The maximum absolute atomic E-state index is 12.5. The Labute approximate surface area is 195 Å². The first-order valence-corrected chi connectivity index (χ1v) is 11.1. The number of nitrogens with one attached hydrogen (secondary N) is 2. The zero-order chi connectivity index (χ0) is 24.0. The van der Waals surface area contributed by atoms with Crippen molar-refractivity contribution in [2.75, 3.05) is 48.3 Å². The summed E-state index contributed by atoms with van der Waals surface area (Å²) in [6, 6.07) is 8.93. The van der Waals surface area contributed by atoms with Crippen molar-refractivity contribution in [2.45, 2.75) is 40.2 Å². The SMILES string of the molecule is CCOc1ccc(C)cc1NC(=O)Nc1ccc(N2CCN(C(=O)OC(C)(C)C)CC2)nc1. The van der Waals surface area contributed by atoms with Crippen LogP contribution in [-0.2, 0) is 4.74 Å². The van der Waals surface area contributed by atoms with E-state index in [-0.39, 0.29) is 12.1 Å². The van der Waals surface area contributed by atoms with Crippen LogP contribution >= 0.6 is 0 Å². The number of pyridine rings is 1. The summed E-state index contributed by atoms with van der Waals surface area (Å²) in [6.07, 6.45) is 1.33. The first-order valence-electron chi connectivity index (χ1n) is 11.1. The fourth-order valence-corrected chi connectivity index (χ4v) is 3.40. The fourth-order valence-electron chi connectivity index (χ4n) is 3.40. The maximum atomic E-state index is 12.5. The first kappa shape index (κ1) is 24.2. The predicted molar refractivity (Wildman–Crippen MR) is 129 cm³/mol. The van der Waals surface area contributed by atoms with E-state index in [1.165, 1.54) is 0 Å². The molecule has 2 N–H and O–H groups in total. The lowest BCUT2D eigenvalue weighted by atomic mass is 10.2. The van der Waals surface area contributed by atoms with E-state index in [9.17, 15) is 9.59 Å². The highest BCUT2D eigenvalue weighted by Crippen LogP contribution is 2.26. The number of amides is 3. The molecule has 2 heterocycles. The molecule has 3 amide bonds. The fraction of sp³-hybridized carbons (Fsp3) is 0.458. The smallest absolute Gasteiger partial charge is 0.410 e. The molecule has 0 unspecified atom stereocenters. The van der Waals surface area contributed by atoms with Crippen LogP contribution in [0.2, 0.25) is 0 Å². The van der Waals surface area contributed by atoms with Crippen molar-refractivity contribution < 1.29 is 19.1 Å². The van der Waals surface area contributed by atoms with Gasteiger partial charge in [-0.3, -0.25) is 0 Å². The number of nitrogens with zero attached hydrogens (tertiary/aromatic N) is 3. The lowest BCUT2D eigenvalue weighted by Crippen LogP contribution is -2.50. The highest BCUT2D eigenvalue weighted by molar-refractivity contribution is 6.00. The summed E-state index contributed by atoms with van der Waals surface area (Å²) >= 11 is 0. The van der Waals surface area contributed by atoms with Crippen molar-refractivity contribution in [3.05, 3.63) is 42.1 Å². The molecule has 33 heavy (non-hydrogen) atoms. The molecule has 0 atom stereocenters. The third-order valence-corrected chi connectivity index (χ3v) is 4.94. The van der Waals surface area contributed by atoms with Crippen LogP contribution in [0.3, 0.4) is 0 Å². The molecule has 0 aliphatic carbocycles. The second-order valence-electron chi connectivity index (χ2n) is 8.87. The molecule has 9 heteroatoms. The minimum Gasteiger partial charge on any atom is -0.492 e. The van der Waals surface area contributed by atoms with Crippen molar-refractivity contribution >= 4 is 29.3 Å². The van der Waals surface area contributed by atoms with Gasteiger partial charge in [0.15, 0.2) is 0 Å². The Morgan fingerprint density at radius 1 is 1.06 bits per heavy atom. The molecule has 1 aromatic carbocycles. The van der Waals surface area contributed by atoms with Gasteiger partial charge in [-0.2, -0.15) is 0 Å². The van der Waals surface area contributed by atoms with E-state index in [1.807, 2.05) is 65.0 Å². The number of hydrogen-bond acceptors (Lipinski definition) is 6. The second-order valence-corrected chi connectivity index (χ2v) is 8.87. The van der Waals surface area contributed by atoms with Crippen LogP contribution in [0.25, 0.3) is 0 Å². The molecule has 0 bridgehead atoms. The molecule has 9 nitrogen and oxygen atoms in total. The summed E-state index contributed by atoms with van der Waals surface area (Å²) in [6.45, 7) is 12.4. The van der Waals surface area contributed by atoms with Crippen LogP contribution in [0.5, 0.6) is 5.75 Å². The number of piperazine rings is 1. The van der Waals surface area contributed by atoms with Crippen molar-refractivity contribution in [3.63, 3.8) is 0 Å². The Kier molecular flexibility index (Phi) is 7.63. The Balaban J connectivity index is 1.53. The summed E-state index contributed by atoms with van der Waals surface area (Å²) in [5, 5.41) is 5.63. The van der Waals surface area contributed by atoms with E-state index in [4.69, 9.17) is 9.47 Å². The number of benzene rings is 1. The van der Waals surface area contributed by atoms with E-state index in [0.717, 1.165) is 11.4 Å². The lowest BCUT2D eigenvalue weighted by Gasteiger charge is -2.36. The normalized spacial score (nSPS) is 14.0. The van der Waals surface area contributed by atoms with Crippen molar-refractivity contribution in [2.24, 2.45) is 0 Å². The molecular weight excluding hydrogens is 422 g/mol. The average molecular weight is 456 g/mol. The predicted octanol–water partition coefficient (Wildman–Crippen LogP) is 4.49. The Morgan fingerprint density at radius 2 is 1.79 bits per heavy atom. The number of ether oxygens (including phenoxy) is 2.